The number of esters is 1. The standard InChI is InChI=1S/C23H26ClNO4/c1-23(2,3)29-22(27)19-14-25-21-13-20(24)17(12-18(19)21)15-6-8-16(9-7-15)28-11-5-4-10-26/h6-9,12-14,25-26H,4-5,10-11H2,1-3H3. The molecule has 0 radical (unpaired) electrons. The van der Waals surface area contributed by atoms with Crippen molar-refractivity contribution in [3.63, 3.8) is 0 Å². The number of unbranched alkanes of at least 4 members (excludes halogenated alkanes) is 1. The minimum Gasteiger partial charge on any atom is -0.494 e. The van der Waals surface area contributed by atoms with Crippen molar-refractivity contribution >= 4 is 28.5 Å². The Bertz CT molecular complexity index is 987. The number of fused-ring (bicyclic) bond motifs is 1. The first-order valence-electron chi connectivity index (χ1n) is 9.66. The highest BCUT2D eigenvalue weighted by molar-refractivity contribution is 6.34. The Hall–Kier alpha value is -2.50. The zero-order valence-electron chi connectivity index (χ0n) is 16.9. The van der Waals surface area contributed by atoms with Crippen molar-refractivity contribution in [1.29, 1.82) is 0 Å². The normalized spacial score (nSPS) is 11.6. The van der Waals surface area contributed by atoms with Crippen LogP contribution in [0.1, 0.15) is 44.0 Å². The molecule has 0 aliphatic rings. The van der Waals surface area contributed by atoms with Crippen molar-refractivity contribution in [1.82, 2.24) is 4.98 Å². The minimum absolute atomic E-state index is 0.174. The van der Waals surface area contributed by atoms with Crippen LogP contribution in [0.4, 0.5) is 0 Å². The SMILES string of the molecule is CC(C)(C)OC(=O)c1c[nH]c2cc(Cl)c(-c3ccc(OCCCCO)cc3)cc12. The molecule has 0 aliphatic carbocycles. The van der Waals surface area contributed by atoms with E-state index in [0.29, 0.717) is 17.2 Å². The van der Waals surface area contributed by atoms with Crippen LogP contribution in [-0.4, -0.2) is 34.9 Å². The molecule has 0 spiro atoms. The molecule has 0 amide bonds. The van der Waals surface area contributed by atoms with Crippen LogP contribution in [0.15, 0.2) is 42.6 Å². The number of rotatable bonds is 7. The van der Waals surface area contributed by atoms with Crippen LogP contribution >= 0.6 is 11.6 Å². The van der Waals surface area contributed by atoms with Gasteiger partial charge in [-0.2, -0.15) is 0 Å². The van der Waals surface area contributed by atoms with Gasteiger partial charge in [0.2, 0.25) is 0 Å². The third-order valence-electron chi connectivity index (χ3n) is 4.37. The maximum atomic E-state index is 12.6. The van der Waals surface area contributed by atoms with Crippen molar-refractivity contribution in [3.05, 3.63) is 53.2 Å². The van der Waals surface area contributed by atoms with Gasteiger partial charge in [-0.3, -0.25) is 0 Å². The Morgan fingerprint density at radius 1 is 1.14 bits per heavy atom. The molecule has 1 heterocycles. The smallest absolute Gasteiger partial charge is 0.340 e. The van der Waals surface area contributed by atoms with E-state index in [1.807, 2.05) is 57.2 Å². The molecule has 2 N–H and O–H groups in total. The number of hydrogen-bond acceptors (Lipinski definition) is 4. The lowest BCUT2D eigenvalue weighted by atomic mass is 10.0. The summed E-state index contributed by atoms with van der Waals surface area (Å²) in [6, 6.07) is 11.4. The number of halogens is 1. The van der Waals surface area contributed by atoms with Crippen LogP contribution in [0.5, 0.6) is 5.75 Å². The molecule has 154 valence electrons. The van der Waals surface area contributed by atoms with Crippen molar-refractivity contribution < 1.29 is 19.4 Å². The Morgan fingerprint density at radius 3 is 2.52 bits per heavy atom. The highest BCUT2D eigenvalue weighted by Gasteiger charge is 2.21. The van der Waals surface area contributed by atoms with E-state index in [0.717, 1.165) is 40.6 Å². The number of hydrogen-bond donors (Lipinski definition) is 2. The summed E-state index contributed by atoms with van der Waals surface area (Å²) in [6.45, 7) is 6.27. The molecule has 0 fully saturated rings. The van der Waals surface area contributed by atoms with Crippen LogP contribution in [0, 0.1) is 0 Å². The molecule has 5 nitrogen and oxygen atoms in total. The lowest BCUT2D eigenvalue weighted by Gasteiger charge is -2.19. The quantitative estimate of drug-likeness (QED) is 0.389. The molecule has 3 rings (SSSR count). The van der Waals surface area contributed by atoms with Gasteiger partial charge in [-0.05, 0) is 63.4 Å². The lowest BCUT2D eigenvalue weighted by molar-refractivity contribution is 0.00719. The van der Waals surface area contributed by atoms with E-state index in [4.69, 9.17) is 26.2 Å². The maximum absolute atomic E-state index is 12.6. The molecule has 1 aromatic heterocycles. The summed E-state index contributed by atoms with van der Waals surface area (Å²) in [6.07, 6.45) is 3.19. The summed E-state index contributed by atoms with van der Waals surface area (Å²) in [5, 5.41) is 10.2. The summed E-state index contributed by atoms with van der Waals surface area (Å²) in [5.74, 6) is 0.392. The van der Waals surface area contributed by atoms with Crippen molar-refractivity contribution in [3.8, 4) is 16.9 Å². The minimum atomic E-state index is -0.567. The number of aliphatic hydroxyl groups is 1. The first-order valence-corrected chi connectivity index (χ1v) is 10.0. The average Bonchev–Trinajstić information content (AvgIpc) is 3.06. The number of carbonyl (C=O) groups is 1. The second-order valence-electron chi connectivity index (χ2n) is 7.89. The van der Waals surface area contributed by atoms with Crippen molar-refractivity contribution in [2.45, 2.75) is 39.2 Å². The first-order chi connectivity index (χ1) is 13.8. The molecular formula is C23H26ClNO4. The van der Waals surface area contributed by atoms with Crippen LogP contribution < -0.4 is 4.74 Å². The second-order valence-corrected chi connectivity index (χ2v) is 8.29. The van der Waals surface area contributed by atoms with Gasteiger partial charge >= 0.3 is 5.97 Å². The van der Waals surface area contributed by atoms with Gasteiger partial charge in [0.25, 0.3) is 0 Å². The Morgan fingerprint density at radius 2 is 1.86 bits per heavy atom. The number of benzene rings is 2. The Kier molecular flexibility index (Phi) is 6.50. The van der Waals surface area contributed by atoms with Gasteiger partial charge in [-0.15, -0.1) is 0 Å². The Labute approximate surface area is 175 Å². The maximum Gasteiger partial charge on any atom is 0.340 e. The average molecular weight is 416 g/mol. The molecule has 2 aromatic carbocycles. The van der Waals surface area contributed by atoms with E-state index in [2.05, 4.69) is 4.98 Å². The van der Waals surface area contributed by atoms with Gasteiger partial charge in [-0.25, -0.2) is 4.79 Å². The molecule has 3 aromatic rings. The Balaban J connectivity index is 1.86. The summed E-state index contributed by atoms with van der Waals surface area (Å²) in [7, 11) is 0. The van der Waals surface area contributed by atoms with Gasteiger partial charge in [-0.1, -0.05) is 23.7 Å². The first kappa shape index (κ1) is 21.2. The summed E-state index contributed by atoms with van der Waals surface area (Å²) in [5.41, 5.74) is 2.45. The molecule has 0 unspecified atom stereocenters. The molecule has 6 heteroatoms. The van der Waals surface area contributed by atoms with Crippen molar-refractivity contribution in [2.24, 2.45) is 0 Å². The summed E-state index contributed by atoms with van der Waals surface area (Å²) >= 11 is 6.50. The van der Waals surface area contributed by atoms with Crippen molar-refractivity contribution in [2.75, 3.05) is 13.2 Å². The fourth-order valence-corrected chi connectivity index (χ4v) is 3.27. The molecular weight excluding hydrogens is 390 g/mol. The topological polar surface area (TPSA) is 71.6 Å². The van der Waals surface area contributed by atoms with E-state index in [1.165, 1.54) is 0 Å². The zero-order chi connectivity index (χ0) is 21.0. The molecule has 0 aliphatic heterocycles. The van der Waals surface area contributed by atoms with Crippen LogP contribution in [0.25, 0.3) is 22.0 Å². The number of nitrogens with one attached hydrogen (secondary N) is 1. The number of H-pyrrole nitrogens is 1. The highest BCUT2D eigenvalue weighted by Crippen LogP contribution is 2.34. The van der Waals surface area contributed by atoms with Gasteiger partial charge in [0.1, 0.15) is 11.4 Å². The van der Waals surface area contributed by atoms with E-state index in [1.54, 1.807) is 6.20 Å². The predicted molar refractivity (Wildman–Crippen MR) is 116 cm³/mol. The molecule has 0 atom stereocenters. The predicted octanol–water partition coefficient (Wildman–Crippen LogP) is 5.59. The molecule has 29 heavy (non-hydrogen) atoms. The van der Waals surface area contributed by atoms with Gasteiger partial charge in [0, 0.05) is 29.3 Å². The third-order valence-corrected chi connectivity index (χ3v) is 4.69. The number of aromatic nitrogens is 1. The van der Waals surface area contributed by atoms with Gasteiger partial charge in [0.05, 0.1) is 17.2 Å². The number of carbonyl (C=O) groups excluding carboxylic acids is 1. The summed E-state index contributed by atoms with van der Waals surface area (Å²) in [4.78, 5) is 15.6. The van der Waals surface area contributed by atoms with Gasteiger partial charge < -0.3 is 19.6 Å². The van der Waals surface area contributed by atoms with Crippen LogP contribution in [0.2, 0.25) is 5.02 Å². The molecule has 0 saturated carbocycles. The molecule has 0 bridgehead atoms. The fraction of sp³-hybridized carbons (Fsp3) is 0.348. The highest BCUT2D eigenvalue weighted by atomic mass is 35.5. The molecule has 0 saturated heterocycles. The number of ether oxygens (including phenoxy) is 2. The van der Waals surface area contributed by atoms with Crippen LogP contribution in [0.3, 0.4) is 0 Å². The van der Waals surface area contributed by atoms with Gasteiger partial charge in [0.15, 0.2) is 0 Å². The number of aliphatic hydroxyl groups excluding tert-OH is 1. The largest absolute Gasteiger partial charge is 0.494 e. The summed E-state index contributed by atoms with van der Waals surface area (Å²) < 4.78 is 11.2. The third kappa shape index (κ3) is 5.31. The van der Waals surface area contributed by atoms with Crippen LogP contribution in [-0.2, 0) is 4.74 Å². The lowest BCUT2D eigenvalue weighted by Crippen LogP contribution is -2.23. The number of aromatic amines is 1. The van der Waals surface area contributed by atoms with E-state index >= 15 is 0 Å². The van der Waals surface area contributed by atoms with E-state index in [-0.39, 0.29) is 12.6 Å². The fourth-order valence-electron chi connectivity index (χ4n) is 3.00. The monoisotopic (exact) mass is 415 g/mol. The van der Waals surface area contributed by atoms with E-state index in [9.17, 15) is 4.79 Å². The van der Waals surface area contributed by atoms with E-state index < -0.39 is 5.60 Å². The zero-order valence-corrected chi connectivity index (χ0v) is 17.7. The second kappa shape index (κ2) is 8.89.